The van der Waals surface area contributed by atoms with Crippen LogP contribution in [0.25, 0.3) is 0 Å². The molecule has 0 bridgehead atoms. The van der Waals surface area contributed by atoms with Crippen LogP contribution in [-0.2, 0) is 4.79 Å². The summed E-state index contributed by atoms with van der Waals surface area (Å²) in [6.45, 7) is 9.89. The lowest BCUT2D eigenvalue weighted by Gasteiger charge is -2.10. The van der Waals surface area contributed by atoms with Gasteiger partial charge in [0.25, 0.3) is 0 Å². The molecule has 2 nitrogen and oxygen atoms in total. The molecule has 3 unspecified atom stereocenters. The van der Waals surface area contributed by atoms with E-state index in [4.69, 9.17) is 5.11 Å². The van der Waals surface area contributed by atoms with Crippen molar-refractivity contribution in [2.75, 3.05) is 0 Å². The van der Waals surface area contributed by atoms with Gasteiger partial charge in [-0.05, 0) is 26.7 Å². The van der Waals surface area contributed by atoms with Crippen molar-refractivity contribution in [1.29, 1.82) is 0 Å². The number of aliphatic carboxylic acids is 1. The van der Waals surface area contributed by atoms with Gasteiger partial charge in [-0.2, -0.15) is 0 Å². The van der Waals surface area contributed by atoms with E-state index < -0.39 is 11.4 Å². The molecule has 2 heteroatoms. The van der Waals surface area contributed by atoms with Crippen molar-refractivity contribution < 1.29 is 9.90 Å². The van der Waals surface area contributed by atoms with Gasteiger partial charge in [-0.15, -0.1) is 0 Å². The van der Waals surface area contributed by atoms with Crippen LogP contribution in [-0.4, -0.2) is 11.1 Å². The minimum atomic E-state index is -0.681. The van der Waals surface area contributed by atoms with E-state index in [9.17, 15) is 4.79 Å². The largest absolute Gasteiger partial charge is 0.481 e. The average Bonchev–Trinajstić information content (AvgIpc) is 2.36. The van der Waals surface area contributed by atoms with Crippen LogP contribution in [0.1, 0.15) is 34.6 Å². The SMILES string of the molecule is CC(C)=CC1(C)C(C)C1(C)C(=O)O. The fourth-order valence-electron chi connectivity index (χ4n) is 2.38. The summed E-state index contributed by atoms with van der Waals surface area (Å²) in [5, 5.41) is 9.10. The van der Waals surface area contributed by atoms with Crippen LogP contribution < -0.4 is 0 Å². The van der Waals surface area contributed by atoms with Crippen molar-refractivity contribution in [1.82, 2.24) is 0 Å². The van der Waals surface area contributed by atoms with Crippen LogP contribution in [0.2, 0.25) is 0 Å². The highest BCUT2D eigenvalue weighted by atomic mass is 16.4. The Morgan fingerprint density at radius 1 is 1.38 bits per heavy atom. The molecule has 0 spiro atoms. The summed E-state index contributed by atoms with van der Waals surface area (Å²) in [5.41, 5.74) is 0.474. The molecule has 1 rings (SSSR count). The Bertz CT molecular complexity index is 276. The van der Waals surface area contributed by atoms with Crippen molar-refractivity contribution in [2.45, 2.75) is 34.6 Å². The summed E-state index contributed by atoms with van der Waals surface area (Å²) in [5.74, 6) is -0.451. The van der Waals surface area contributed by atoms with E-state index in [1.807, 2.05) is 34.6 Å². The second-order valence-electron chi connectivity index (χ2n) is 4.73. The van der Waals surface area contributed by atoms with Gasteiger partial charge in [-0.3, -0.25) is 4.79 Å². The van der Waals surface area contributed by atoms with Crippen molar-refractivity contribution in [3.63, 3.8) is 0 Å². The lowest BCUT2D eigenvalue weighted by atomic mass is 9.94. The minimum absolute atomic E-state index is 0.155. The second kappa shape index (κ2) is 2.60. The average molecular weight is 182 g/mol. The first-order valence-electron chi connectivity index (χ1n) is 4.66. The Morgan fingerprint density at radius 2 is 1.85 bits per heavy atom. The molecule has 0 amide bonds. The van der Waals surface area contributed by atoms with E-state index >= 15 is 0 Å². The summed E-state index contributed by atoms with van der Waals surface area (Å²) in [6.07, 6.45) is 2.09. The third kappa shape index (κ3) is 1.11. The van der Waals surface area contributed by atoms with Crippen LogP contribution >= 0.6 is 0 Å². The molecule has 3 atom stereocenters. The first-order chi connectivity index (χ1) is 5.76. The molecule has 1 N–H and O–H groups in total. The molecule has 13 heavy (non-hydrogen) atoms. The molecule has 1 fully saturated rings. The van der Waals surface area contributed by atoms with Crippen molar-refractivity contribution in [2.24, 2.45) is 16.7 Å². The maximum Gasteiger partial charge on any atom is 0.310 e. The summed E-state index contributed by atoms with van der Waals surface area (Å²) in [6, 6.07) is 0. The molecular formula is C11H18O2. The summed E-state index contributed by atoms with van der Waals surface area (Å²) in [7, 11) is 0. The van der Waals surface area contributed by atoms with Gasteiger partial charge in [0.05, 0.1) is 5.41 Å². The second-order valence-corrected chi connectivity index (χ2v) is 4.73. The van der Waals surface area contributed by atoms with Crippen LogP contribution in [0.5, 0.6) is 0 Å². The topological polar surface area (TPSA) is 37.3 Å². The number of hydrogen-bond donors (Lipinski definition) is 1. The molecule has 0 saturated heterocycles. The number of hydrogen-bond acceptors (Lipinski definition) is 1. The third-order valence-electron chi connectivity index (χ3n) is 3.83. The minimum Gasteiger partial charge on any atom is -0.481 e. The summed E-state index contributed by atoms with van der Waals surface area (Å²) < 4.78 is 0. The highest BCUT2D eigenvalue weighted by molar-refractivity contribution is 5.81. The van der Waals surface area contributed by atoms with Crippen LogP contribution in [0.4, 0.5) is 0 Å². The Labute approximate surface area is 79.6 Å². The fourth-order valence-corrected chi connectivity index (χ4v) is 2.38. The van der Waals surface area contributed by atoms with E-state index in [0.717, 1.165) is 0 Å². The molecule has 1 aliphatic rings. The molecule has 0 heterocycles. The van der Waals surface area contributed by atoms with Crippen molar-refractivity contribution >= 4 is 5.97 Å². The lowest BCUT2D eigenvalue weighted by Crippen LogP contribution is -2.17. The van der Waals surface area contributed by atoms with Crippen molar-refractivity contribution in [3.05, 3.63) is 11.6 Å². The fraction of sp³-hybridized carbons (Fsp3) is 0.727. The molecule has 0 aromatic rings. The maximum absolute atomic E-state index is 11.1. The molecule has 74 valence electrons. The van der Waals surface area contributed by atoms with E-state index in [2.05, 4.69) is 6.08 Å². The Morgan fingerprint density at radius 3 is 2.08 bits per heavy atom. The normalized spacial score (nSPS) is 42.7. The van der Waals surface area contributed by atoms with E-state index in [0.29, 0.717) is 0 Å². The highest BCUT2D eigenvalue weighted by Gasteiger charge is 2.71. The standard InChI is InChI=1S/C11H18O2/c1-7(2)6-10(4)8(3)11(10,5)9(12)13/h6,8H,1-5H3,(H,12,13). The Kier molecular flexibility index (Phi) is 2.06. The molecule has 0 aliphatic heterocycles. The number of rotatable bonds is 2. The van der Waals surface area contributed by atoms with Gasteiger partial charge in [0.2, 0.25) is 0 Å². The predicted molar refractivity (Wildman–Crippen MR) is 52.4 cm³/mol. The molecule has 0 aromatic heterocycles. The van der Waals surface area contributed by atoms with Gasteiger partial charge in [0, 0.05) is 5.41 Å². The third-order valence-corrected chi connectivity index (χ3v) is 3.83. The van der Waals surface area contributed by atoms with Crippen LogP contribution in [0.3, 0.4) is 0 Å². The predicted octanol–water partition coefficient (Wildman–Crippen LogP) is 2.70. The van der Waals surface area contributed by atoms with Gasteiger partial charge in [-0.1, -0.05) is 25.5 Å². The zero-order valence-electron chi connectivity index (χ0n) is 9.01. The maximum atomic E-state index is 11.1. The zero-order chi connectivity index (χ0) is 10.4. The van der Waals surface area contributed by atoms with Crippen molar-refractivity contribution in [3.8, 4) is 0 Å². The quantitative estimate of drug-likeness (QED) is 0.667. The first kappa shape index (κ1) is 10.3. The molecule has 1 aliphatic carbocycles. The Hall–Kier alpha value is -0.790. The zero-order valence-corrected chi connectivity index (χ0v) is 9.01. The highest BCUT2D eigenvalue weighted by Crippen LogP contribution is 2.69. The number of carbonyl (C=O) groups is 1. The lowest BCUT2D eigenvalue weighted by molar-refractivity contribution is -0.144. The summed E-state index contributed by atoms with van der Waals surface area (Å²) >= 11 is 0. The molecule has 0 aromatic carbocycles. The summed E-state index contributed by atoms with van der Waals surface area (Å²) in [4.78, 5) is 11.1. The molecular weight excluding hydrogens is 164 g/mol. The van der Waals surface area contributed by atoms with Gasteiger partial charge < -0.3 is 5.11 Å². The number of carboxylic acid groups (broad SMARTS) is 1. The van der Waals surface area contributed by atoms with Crippen LogP contribution in [0, 0.1) is 16.7 Å². The van der Waals surface area contributed by atoms with Crippen LogP contribution in [0.15, 0.2) is 11.6 Å². The first-order valence-corrected chi connectivity index (χ1v) is 4.66. The number of allylic oxidation sites excluding steroid dienone is 2. The van der Waals surface area contributed by atoms with E-state index in [-0.39, 0.29) is 11.3 Å². The Balaban J connectivity index is 3.00. The van der Waals surface area contributed by atoms with E-state index in [1.54, 1.807) is 0 Å². The molecule has 1 saturated carbocycles. The van der Waals surface area contributed by atoms with Gasteiger partial charge in [-0.25, -0.2) is 0 Å². The molecule has 0 radical (unpaired) electrons. The number of carboxylic acids is 1. The van der Waals surface area contributed by atoms with Gasteiger partial charge in [0.15, 0.2) is 0 Å². The monoisotopic (exact) mass is 182 g/mol. The van der Waals surface area contributed by atoms with E-state index in [1.165, 1.54) is 5.57 Å². The van der Waals surface area contributed by atoms with Gasteiger partial charge >= 0.3 is 5.97 Å². The smallest absolute Gasteiger partial charge is 0.310 e. The van der Waals surface area contributed by atoms with Gasteiger partial charge in [0.1, 0.15) is 0 Å².